The Bertz CT molecular complexity index is 1140. The fraction of sp³-hybridized carbons (Fsp3) is 0.130. The van der Waals surface area contributed by atoms with E-state index in [2.05, 4.69) is 15.9 Å². The number of carbonyl (C=O) groups is 2. The van der Waals surface area contributed by atoms with Crippen molar-refractivity contribution in [1.82, 2.24) is 10.3 Å². The quantitative estimate of drug-likeness (QED) is 0.293. The summed E-state index contributed by atoms with van der Waals surface area (Å²) >= 11 is 1.49. The van der Waals surface area contributed by atoms with Crippen molar-refractivity contribution in [1.29, 1.82) is 5.53 Å². The first-order valence-electron chi connectivity index (χ1n) is 9.76. The molecule has 31 heavy (non-hydrogen) atoms. The molecule has 3 aromatic carbocycles. The third kappa shape index (κ3) is 4.59. The van der Waals surface area contributed by atoms with E-state index >= 15 is 0 Å². The van der Waals surface area contributed by atoms with Crippen LogP contribution in [-0.4, -0.2) is 23.0 Å². The van der Waals surface area contributed by atoms with Gasteiger partial charge in [0, 0.05) is 15.4 Å². The Morgan fingerprint density at radius 2 is 1.84 bits per heavy atom. The number of benzene rings is 3. The summed E-state index contributed by atoms with van der Waals surface area (Å²) < 4.78 is 0. The first kappa shape index (κ1) is 20.6. The van der Waals surface area contributed by atoms with E-state index < -0.39 is 6.17 Å². The lowest BCUT2D eigenvalue weighted by Gasteiger charge is -2.25. The van der Waals surface area contributed by atoms with Gasteiger partial charge in [0.25, 0.3) is 11.8 Å². The minimum absolute atomic E-state index is 0.199. The molecule has 3 aromatic rings. The Kier molecular flexibility index (Phi) is 5.99. The van der Waals surface area contributed by atoms with E-state index in [9.17, 15) is 9.59 Å². The average molecular weight is 432 g/mol. The van der Waals surface area contributed by atoms with Crippen LogP contribution >= 0.6 is 11.8 Å². The van der Waals surface area contributed by atoms with Crippen LogP contribution in [0.2, 0.25) is 0 Å². The second-order valence-corrected chi connectivity index (χ2v) is 8.18. The number of carbonyl (C=O) groups excluding carboxylic acids is 2. The van der Waals surface area contributed by atoms with Crippen molar-refractivity contribution in [2.75, 3.05) is 5.32 Å². The molecule has 3 N–H and O–H groups in total. The fourth-order valence-corrected chi connectivity index (χ4v) is 4.30. The molecule has 0 saturated heterocycles. The minimum atomic E-state index is -0.489. The predicted molar refractivity (Wildman–Crippen MR) is 119 cm³/mol. The summed E-state index contributed by atoms with van der Waals surface area (Å²) in [5.74, 6) is -0.507. The van der Waals surface area contributed by atoms with Gasteiger partial charge in [-0.1, -0.05) is 59.4 Å². The van der Waals surface area contributed by atoms with Gasteiger partial charge in [-0.05, 0) is 42.8 Å². The van der Waals surface area contributed by atoms with Crippen molar-refractivity contribution in [3.8, 4) is 0 Å². The molecule has 7 nitrogen and oxygen atoms in total. The van der Waals surface area contributed by atoms with E-state index in [1.165, 1.54) is 16.8 Å². The Labute approximate surface area is 184 Å². The van der Waals surface area contributed by atoms with Crippen LogP contribution in [0.25, 0.3) is 0 Å². The van der Waals surface area contributed by atoms with Gasteiger partial charge in [0.15, 0.2) is 0 Å². The van der Waals surface area contributed by atoms with Crippen LogP contribution in [0.1, 0.15) is 33.2 Å². The third-order valence-corrected chi connectivity index (χ3v) is 6.10. The normalized spacial score (nSPS) is 13.1. The topological polar surface area (TPSA) is 97.7 Å². The van der Waals surface area contributed by atoms with Crippen molar-refractivity contribution in [3.05, 3.63) is 89.5 Å². The van der Waals surface area contributed by atoms with Gasteiger partial charge in [-0.2, -0.15) is 5.53 Å². The zero-order valence-electron chi connectivity index (χ0n) is 16.8. The van der Waals surface area contributed by atoms with E-state index in [4.69, 9.17) is 5.53 Å². The predicted octanol–water partition coefficient (Wildman–Crippen LogP) is 4.93. The van der Waals surface area contributed by atoms with Crippen LogP contribution in [0.3, 0.4) is 0 Å². The number of rotatable bonds is 6. The number of anilines is 1. The Balaban J connectivity index is 1.49. The van der Waals surface area contributed by atoms with Crippen molar-refractivity contribution >= 4 is 29.3 Å². The van der Waals surface area contributed by atoms with Gasteiger partial charge in [-0.25, -0.2) is 0 Å². The molecule has 0 radical (unpaired) electrons. The van der Waals surface area contributed by atoms with Gasteiger partial charge in [-0.3, -0.25) is 14.6 Å². The summed E-state index contributed by atoms with van der Waals surface area (Å²) in [5, 5.41) is 10.8. The number of amides is 2. The van der Waals surface area contributed by atoms with Crippen molar-refractivity contribution in [2.24, 2.45) is 5.22 Å². The molecule has 0 bridgehead atoms. The first-order valence-corrected chi connectivity index (χ1v) is 10.6. The summed E-state index contributed by atoms with van der Waals surface area (Å²) in [5.41, 5.74) is 10.1. The second-order valence-electron chi connectivity index (χ2n) is 7.10. The van der Waals surface area contributed by atoms with Gasteiger partial charge in [0.05, 0.1) is 17.8 Å². The Morgan fingerprint density at radius 3 is 2.61 bits per heavy atom. The molecule has 0 aromatic heterocycles. The molecule has 0 saturated carbocycles. The van der Waals surface area contributed by atoms with E-state index in [0.717, 1.165) is 15.4 Å². The zero-order valence-corrected chi connectivity index (χ0v) is 17.6. The highest BCUT2D eigenvalue weighted by molar-refractivity contribution is 7.99. The highest BCUT2D eigenvalue weighted by atomic mass is 32.2. The number of hydrogen-bond donors (Lipinski definition) is 3. The largest absolute Gasteiger partial charge is 0.331 e. The highest BCUT2D eigenvalue weighted by Gasteiger charge is 2.22. The molecule has 1 heterocycles. The highest BCUT2D eigenvalue weighted by Crippen LogP contribution is 2.39. The van der Waals surface area contributed by atoms with E-state index in [1.807, 2.05) is 54.6 Å². The average Bonchev–Trinajstić information content (AvgIpc) is 2.93. The zero-order chi connectivity index (χ0) is 21.8. The monoisotopic (exact) mass is 431 g/mol. The Morgan fingerprint density at radius 1 is 1.10 bits per heavy atom. The molecule has 1 aliphatic heterocycles. The molecule has 0 spiro atoms. The van der Waals surface area contributed by atoms with Crippen LogP contribution < -0.4 is 10.6 Å². The maximum Gasteiger partial charge on any atom is 0.256 e. The van der Waals surface area contributed by atoms with Gasteiger partial charge >= 0.3 is 0 Å². The lowest BCUT2D eigenvalue weighted by atomic mass is 10.1. The summed E-state index contributed by atoms with van der Waals surface area (Å²) in [6.07, 6.45) is -0.489. The summed E-state index contributed by atoms with van der Waals surface area (Å²) in [6.45, 7) is 2.18. The lowest BCUT2D eigenvalue weighted by molar-refractivity contribution is 0.0842. The van der Waals surface area contributed by atoms with Gasteiger partial charge in [0.2, 0.25) is 0 Å². The third-order valence-electron chi connectivity index (χ3n) is 4.94. The summed E-state index contributed by atoms with van der Waals surface area (Å²) in [4.78, 5) is 27.1. The van der Waals surface area contributed by atoms with Gasteiger partial charge in [-0.15, -0.1) is 0 Å². The molecule has 1 aliphatic rings. The molecule has 0 fully saturated rings. The van der Waals surface area contributed by atoms with Crippen LogP contribution in [-0.2, 0) is 6.54 Å². The maximum absolute atomic E-state index is 12.8. The summed E-state index contributed by atoms with van der Waals surface area (Å²) in [7, 11) is 0. The standard InChI is InChI=1S/C23H21N5O2S/c1-15(28(27-24)14-16-7-3-2-4-8-16)25-22(29)17-11-12-21-19(13-17)26-23(30)18-9-5-6-10-20(18)31-21/h2-13,15,24H,14H2,1H3,(H,25,29)(H,26,30). The molecular weight excluding hydrogens is 410 g/mol. The van der Waals surface area contributed by atoms with Gasteiger partial charge in [0.1, 0.15) is 6.17 Å². The minimum Gasteiger partial charge on any atom is -0.331 e. The van der Waals surface area contributed by atoms with Crippen LogP contribution in [0, 0.1) is 5.53 Å². The number of fused-ring (bicyclic) bond motifs is 2. The van der Waals surface area contributed by atoms with Crippen molar-refractivity contribution in [2.45, 2.75) is 29.4 Å². The molecule has 8 heteroatoms. The fourth-order valence-electron chi connectivity index (χ4n) is 3.29. The lowest BCUT2D eigenvalue weighted by Crippen LogP contribution is -2.43. The van der Waals surface area contributed by atoms with Crippen LogP contribution in [0.4, 0.5) is 5.69 Å². The number of nitrogens with one attached hydrogen (secondary N) is 3. The van der Waals surface area contributed by atoms with Crippen LogP contribution in [0.5, 0.6) is 0 Å². The van der Waals surface area contributed by atoms with Crippen LogP contribution in [0.15, 0.2) is 87.8 Å². The van der Waals surface area contributed by atoms with Crippen molar-refractivity contribution in [3.63, 3.8) is 0 Å². The van der Waals surface area contributed by atoms with Gasteiger partial charge < -0.3 is 10.6 Å². The number of hydrogen-bond acceptors (Lipinski definition) is 5. The molecule has 4 rings (SSSR count). The molecule has 0 aliphatic carbocycles. The van der Waals surface area contributed by atoms with E-state index in [1.54, 1.807) is 25.1 Å². The first-order chi connectivity index (χ1) is 15.0. The SMILES string of the molecule is CC(NC(=O)c1ccc2c(c1)NC(=O)c1ccccc1S2)N(Cc1ccccc1)N=N. The molecular formula is C23H21N5O2S. The molecule has 1 unspecified atom stereocenters. The molecule has 156 valence electrons. The van der Waals surface area contributed by atoms with E-state index in [0.29, 0.717) is 23.4 Å². The Hall–Kier alpha value is -3.65. The number of nitrogens with zero attached hydrogens (tertiary/aromatic N) is 2. The smallest absolute Gasteiger partial charge is 0.256 e. The van der Waals surface area contributed by atoms with E-state index in [-0.39, 0.29) is 11.8 Å². The molecule has 2 amide bonds. The molecule has 1 atom stereocenters. The van der Waals surface area contributed by atoms with Crippen molar-refractivity contribution < 1.29 is 9.59 Å². The second kappa shape index (κ2) is 9.01. The maximum atomic E-state index is 12.8. The summed E-state index contributed by atoms with van der Waals surface area (Å²) in [6, 6.07) is 22.3.